The molecule has 0 N–H and O–H groups in total. The molecule has 1 spiro atoms. The molecule has 46 heavy (non-hydrogen) atoms. The molecule has 0 radical (unpaired) electrons. The van der Waals surface area contributed by atoms with Gasteiger partial charge in [0.1, 0.15) is 5.60 Å². The molecule has 2 aromatic heterocycles. The van der Waals surface area contributed by atoms with Gasteiger partial charge in [-0.1, -0.05) is 6.07 Å². The van der Waals surface area contributed by atoms with Crippen LogP contribution >= 0.6 is 0 Å². The molecular weight excluding hydrogens is 601 g/mol. The van der Waals surface area contributed by atoms with E-state index in [1.807, 2.05) is 25.1 Å². The molecule has 13 heteroatoms. The highest BCUT2D eigenvalue weighted by Gasteiger charge is 2.75. The Morgan fingerprint density at radius 2 is 1.85 bits per heavy atom. The van der Waals surface area contributed by atoms with Crippen LogP contribution in [0.3, 0.4) is 0 Å². The summed E-state index contributed by atoms with van der Waals surface area (Å²) >= 11 is 0. The second-order valence-corrected chi connectivity index (χ2v) is 13.4. The summed E-state index contributed by atoms with van der Waals surface area (Å²) in [7, 11) is 5.24. The number of aromatic nitrogens is 3. The van der Waals surface area contributed by atoms with Crippen molar-refractivity contribution in [3.63, 3.8) is 0 Å². The first-order chi connectivity index (χ1) is 21.5. The first kappa shape index (κ1) is 33.2. The average Bonchev–Trinajstić information content (AvgIpc) is 3.23. The van der Waals surface area contributed by atoms with E-state index in [0.29, 0.717) is 34.9 Å². The number of carbonyl (C=O) groups is 2. The summed E-state index contributed by atoms with van der Waals surface area (Å²) in [6, 6.07) is 4.19. The smallest absolute Gasteiger partial charge is 0.416 e. The van der Waals surface area contributed by atoms with Crippen molar-refractivity contribution in [2.24, 2.45) is 0 Å². The number of anilines is 1. The molecule has 1 saturated carbocycles. The Labute approximate surface area is 267 Å². The van der Waals surface area contributed by atoms with Crippen LogP contribution < -0.4 is 9.64 Å². The highest BCUT2D eigenvalue weighted by Crippen LogP contribution is 2.65. The lowest BCUT2D eigenvalue weighted by Gasteiger charge is -2.40. The molecule has 3 heterocycles. The Balaban J connectivity index is 1.56. The largest absolute Gasteiger partial charge is 0.491 e. The summed E-state index contributed by atoms with van der Waals surface area (Å²) in [5.41, 5.74) is -0.0711. The fourth-order valence-electron chi connectivity index (χ4n) is 6.17. The first-order valence-electron chi connectivity index (χ1n) is 15.2. The van der Waals surface area contributed by atoms with Gasteiger partial charge in [-0.3, -0.25) is 14.7 Å². The summed E-state index contributed by atoms with van der Waals surface area (Å²) in [6.45, 7) is 9.29. The lowest BCUT2D eigenvalue weighted by Crippen LogP contribution is -2.47. The number of alkyl halides is 2. The van der Waals surface area contributed by atoms with Crippen molar-refractivity contribution in [3.05, 3.63) is 70.6 Å². The lowest BCUT2D eigenvalue weighted by molar-refractivity contribution is 0.0450. The average molecular weight is 643 g/mol. The van der Waals surface area contributed by atoms with E-state index in [4.69, 9.17) is 9.47 Å². The van der Waals surface area contributed by atoms with Gasteiger partial charge in [-0.05, 0) is 71.5 Å². The zero-order chi connectivity index (χ0) is 33.8. The van der Waals surface area contributed by atoms with Gasteiger partial charge in [-0.25, -0.2) is 22.9 Å². The maximum Gasteiger partial charge on any atom is 0.416 e. The van der Waals surface area contributed by atoms with Gasteiger partial charge in [0.15, 0.2) is 11.6 Å². The summed E-state index contributed by atoms with van der Waals surface area (Å²) in [5, 5.41) is 0. The van der Waals surface area contributed by atoms with Crippen molar-refractivity contribution in [1.29, 1.82) is 0 Å². The maximum absolute atomic E-state index is 15.5. The van der Waals surface area contributed by atoms with E-state index >= 15 is 8.78 Å². The van der Waals surface area contributed by atoms with Crippen LogP contribution in [0.1, 0.15) is 79.8 Å². The van der Waals surface area contributed by atoms with Gasteiger partial charge in [0, 0.05) is 50.6 Å². The van der Waals surface area contributed by atoms with E-state index in [-0.39, 0.29) is 31.0 Å². The van der Waals surface area contributed by atoms with E-state index < -0.39 is 47.2 Å². The summed E-state index contributed by atoms with van der Waals surface area (Å²) in [5.74, 6) is -3.78. The van der Waals surface area contributed by atoms with Crippen LogP contribution in [0.4, 0.5) is 23.9 Å². The molecule has 1 aliphatic heterocycles. The standard InChI is InChI=1S/C33H41F3N6O4/c1-9-45-26-14-25(38-15-24(26)34)20(2)42-19-32(18-33(32,35)36)27-22(17-39(6)7)12-21(13-23(27)28(42)43)16-41-11-10-37-29(41)40(8)30(44)46-31(3,4)5/h10-15,20H,9,16-19H2,1-8H3. The number of pyridine rings is 1. The first-order valence-corrected chi connectivity index (χ1v) is 15.2. The van der Waals surface area contributed by atoms with Crippen LogP contribution in [0.25, 0.3) is 0 Å². The van der Waals surface area contributed by atoms with E-state index in [1.165, 1.54) is 15.9 Å². The molecular formula is C33H41F3N6O4. The number of halogens is 3. The van der Waals surface area contributed by atoms with Crippen LogP contribution in [0.15, 0.2) is 36.8 Å². The van der Waals surface area contributed by atoms with Crippen LogP contribution in [-0.2, 0) is 23.2 Å². The zero-order valence-corrected chi connectivity index (χ0v) is 27.5. The molecule has 10 nitrogen and oxygen atoms in total. The van der Waals surface area contributed by atoms with Crippen molar-refractivity contribution >= 4 is 17.9 Å². The Morgan fingerprint density at radius 1 is 1.15 bits per heavy atom. The van der Waals surface area contributed by atoms with Crippen molar-refractivity contribution in [3.8, 4) is 5.75 Å². The summed E-state index contributed by atoms with van der Waals surface area (Å²) < 4.78 is 57.9. The minimum absolute atomic E-state index is 0.0151. The highest BCUT2D eigenvalue weighted by atomic mass is 19.3. The second-order valence-electron chi connectivity index (χ2n) is 13.4. The number of rotatable bonds is 9. The molecule has 3 aromatic rings. The zero-order valence-electron chi connectivity index (χ0n) is 27.5. The lowest BCUT2D eigenvalue weighted by atomic mass is 9.80. The Hall–Kier alpha value is -4.13. The third-order valence-corrected chi connectivity index (χ3v) is 8.33. The molecule has 0 bridgehead atoms. The molecule has 1 fully saturated rings. The molecule has 2 atom stereocenters. The normalized spacial score (nSPS) is 19.3. The molecule has 248 valence electrons. The van der Waals surface area contributed by atoms with Gasteiger partial charge >= 0.3 is 6.09 Å². The van der Waals surface area contributed by atoms with Crippen molar-refractivity contribution in [2.75, 3.05) is 39.2 Å². The minimum atomic E-state index is -3.02. The quantitative estimate of drug-likeness (QED) is 0.292. The SMILES string of the molecule is CCOc1cc(C(C)N2CC3(CC3(F)F)c3c(CN(C)C)cc(Cn4ccnc4N(C)C(=O)OC(C)(C)C)cc3C2=O)ncc1F. The van der Waals surface area contributed by atoms with Gasteiger partial charge in [0.25, 0.3) is 11.8 Å². The second kappa shape index (κ2) is 11.9. The van der Waals surface area contributed by atoms with E-state index in [9.17, 15) is 14.0 Å². The number of hydrogen-bond acceptors (Lipinski definition) is 7. The summed E-state index contributed by atoms with van der Waals surface area (Å²) in [6.07, 6.45) is 3.29. The number of fused-ring (bicyclic) bond motifs is 2. The molecule has 2 unspecified atom stereocenters. The number of imidazole rings is 1. The van der Waals surface area contributed by atoms with Crippen molar-refractivity contribution in [2.45, 2.75) is 77.1 Å². The number of hydrogen-bond donors (Lipinski definition) is 0. The van der Waals surface area contributed by atoms with Gasteiger partial charge in [0.2, 0.25) is 5.95 Å². The molecule has 5 rings (SSSR count). The number of benzene rings is 1. The molecule has 1 aliphatic carbocycles. The topological polar surface area (TPSA) is 93.0 Å². The van der Waals surface area contributed by atoms with Crippen LogP contribution in [0.2, 0.25) is 0 Å². The third kappa shape index (κ3) is 6.16. The minimum Gasteiger partial charge on any atom is -0.491 e. The molecule has 0 saturated heterocycles. The predicted molar refractivity (Wildman–Crippen MR) is 166 cm³/mol. The van der Waals surface area contributed by atoms with Crippen LogP contribution in [-0.4, -0.2) is 82.2 Å². The van der Waals surface area contributed by atoms with E-state index in [1.54, 1.807) is 64.7 Å². The van der Waals surface area contributed by atoms with Gasteiger partial charge in [-0.15, -0.1) is 0 Å². The monoisotopic (exact) mass is 642 g/mol. The van der Waals surface area contributed by atoms with Crippen LogP contribution in [0.5, 0.6) is 5.75 Å². The Morgan fingerprint density at radius 3 is 2.46 bits per heavy atom. The summed E-state index contributed by atoms with van der Waals surface area (Å²) in [4.78, 5) is 40.2. The number of nitrogens with zero attached hydrogens (tertiary/aromatic N) is 6. The van der Waals surface area contributed by atoms with E-state index in [0.717, 1.165) is 6.20 Å². The van der Waals surface area contributed by atoms with Gasteiger partial charge in [-0.2, -0.15) is 0 Å². The van der Waals surface area contributed by atoms with Crippen molar-refractivity contribution in [1.82, 2.24) is 24.3 Å². The molecule has 2 aliphatic rings. The highest BCUT2D eigenvalue weighted by molar-refractivity contribution is 5.99. The number of carbonyl (C=O) groups excluding carboxylic acids is 2. The Kier molecular flexibility index (Phi) is 8.60. The predicted octanol–water partition coefficient (Wildman–Crippen LogP) is 5.79. The fraction of sp³-hybridized carbons (Fsp3) is 0.515. The van der Waals surface area contributed by atoms with Crippen LogP contribution in [0, 0.1) is 5.82 Å². The number of ether oxygens (including phenoxy) is 2. The van der Waals surface area contributed by atoms with E-state index in [2.05, 4.69) is 9.97 Å². The van der Waals surface area contributed by atoms with Crippen molar-refractivity contribution < 1.29 is 32.2 Å². The molecule has 2 amide bonds. The van der Waals surface area contributed by atoms with Gasteiger partial charge < -0.3 is 23.8 Å². The fourth-order valence-corrected chi connectivity index (χ4v) is 6.17. The third-order valence-electron chi connectivity index (χ3n) is 8.33. The maximum atomic E-state index is 15.5. The van der Waals surface area contributed by atoms with Gasteiger partial charge in [0.05, 0.1) is 36.5 Å². The Bertz CT molecular complexity index is 1650. The number of amides is 2. The molecule has 1 aromatic carbocycles.